The van der Waals surface area contributed by atoms with Crippen molar-refractivity contribution in [2.45, 2.75) is 26.4 Å². The van der Waals surface area contributed by atoms with Gasteiger partial charge in [-0.25, -0.2) is 0 Å². The van der Waals surface area contributed by atoms with Crippen molar-refractivity contribution in [1.29, 1.82) is 0 Å². The van der Waals surface area contributed by atoms with Crippen LogP contribution in [0, 0.1) is 0 Å². The third kappa shape index (κ3) is 2.95. The molecule has 0 saturated carbocycles. The van der Waals surface area contributed by atoms with E-state index >= 15 is 0 Å². The van der Waals surface area contributed by atoms with Crippen LogP contribution in [-0.2, 0) is 4.74 Å². The molecule has 0 aromatic heterocycles. The number of aliphatic hydroxyl groups excluding tert-OH is 1. The summed E-state index contributed by atoms with van der Waals surface area (Å²) < 4.78 is 28.8. The zero-order chi connectivity index (χ0) is 18.1. The van der Waals surface area contributed by atoms with Gasteiger partial charge in [0.05, 0.1) is 30.1 Å². The van der Waals surface area contributed by atoms with E-state index in [2.05, 4.69) is 6.08 Å². The Bertz CT molecular complexity index is 853. The maximum absolute atomic E-state index is 9.21. The van der Waals surface area contributed by atoms with Gasteiger partial charge < -0.3 is 28.8 Å². The van der Waals surface area contributed by atoms with Gasteiger partial charge in [0.15, 0.2) is 0 Å². The first-order chi connectivity index (χ1) is 12.7. The molecule has 0 spiro atoms. The van der Waals surface area contributed by atoms with Gasteiger partial charge in [0, 0.05) is 5.56 Å². The van der Waals surface area contributed by atoms with Gasteiger partial charge in [-0.1, -0.05) is 11.6 Å². The quantitative estimate of drug-likeness (QED) is 0.794. The summed E-state index contributed by atoms with van der Waals surface area (Å²) in [7, 11) is 0. The zero-order valence-corrected chi connectivity index (χ0v) is 14.9. The number of hydrogen-bond acceptors (Lipinski definition) is 6. The lowest BCUT2D eigenvalue weighted by atomic mass is 9.96. The largest absolute Gasteiger partial charge is 0.457 e. The van der Waals surface area contributed by atoms with Gasteiger partial charge in [-0.2, -0.15) is 0 Å². The molecule has 2 aliphatic rings. The average Bonchev–Trinajstić information content (AvgIpc) is 2.66. The van der Waals surface area contributed by atoms with Crippen LogP contribution in [0.5, 0.6) is 23.0 Å². The molecule has 6 heteroatoms. The lowest BCUT2D eigenvalue weighted by molar-refractivity contribution is 0.0252. The summed E-state index contributed by atoms with van der Waals surface area (Å²) in [5.41, 5.74) is 2.09. The summed E-state index contributed by atoms with van der Waals surface area (Å²) in [6.45, 7) is 4.62. The Labute approximate surface area is 151 Å². The van der Waals surface area contributed by atoms with Crippen molar-refractivity contribution in [1.82, 2.24) is 0 Å². The summed E-state index contributed by atoms with van der Waals surface area (Å²) in [5, 5.41) is 10.9. The highest BCUT2D eigenvalue weighted by Gasteiger charge is 2.29. The molecular weight excluding hydrogens is 336 g/mol. The zero-order valence-electron chi connectivity index (χ0n) is 14.9. The molecule has 2 aromatic carbocycles. The van der Waals surface area contributed by atoms with E-state index in [9.17, 15) is 5.11 Å². The molecule has 0 aliphatic carbocycles. The summed E-state index contributed by atoms with van der Waals surface area (Å²) >= 11 is 0. The minimum absolute atomic E-state index is 0.0369. The van der Waals surface area contributed by atoms with Crippen LogP contribution in [0.4, 0.5) is 0 Å². The molecule has 0 saturated heterocycles. The Morgan fingerprint density at radius 3 is 2.50 bits per heavy atom. The number of aliphatic hydroxyl groups is 1. The number of allylic oxidation sites excluding steroid dienone is 1. The van der Waals surface area contributed by atoms with Crippen molar-refractivity contribution >= 4 is 10.8 Å². The van der Waals surface area contributed by atoms with E-state index in [-0.39, 0.29) is 32.9 Å². The molecular formula is C20H22O6. The second-order valence-corrected chi connectivity index (χ2v) is 6.52. The van der Waals surface area contributed by atoms with Crippen LogP contribution in [0.15, 0.2) is 29.8 Å². The standard InChI is InChI=1S/C20H22O6/c1-12(2)3-4-14(22-8-7-21)13-9-17-18-15(23-10-25-17)5-6-16-19(18)20(13)26-11-24-16/h3,5-6,9,14,21H,4,7-8,10-11H2,1-2H3/t14-/m1/s1. The van der Waals surface area contributed by atoms with E-state index in [0.717, 1.165) is 39.3 Å². The van der Waals surface area contributed by atoms with Crippen molar-refractivity contribution in [2.24, 2.45) is 0 Å². The molecule has 1 N–H and O–H groups in total. The molecule has 26 heavy (non-hydrogen) atoms. The summed E-state index contributed by atoms with van der Waals surface area (Å²) in [4.78, 5) is 0. The lowest BCUT2D eigenvalue weighted by Crippen LogP contribution is -2.18. The van der Waals surface area contributed by atoms with Gasteiger partial charge in [0.2, 0.25) is 13.6 Å². The van der Waals surface area contributed by atoms with E-state index in [1.807, 2.05) is 32.0 Å². The molecule has 0 amide bonds. The number of ether oxygens (including phenoxy) is 5. The molecule has 0 fully saturated rings. The van der Waals surface area contributed by atoms with Crippen molar-refractivity contribution in [3.8, 4) is 23.0 Å². The fourth-order valence-corrected chi connectivity index (χ4v) is 3.34. The van der Waals surface area contributed by atoms with Crippen molar-refractivity contribution in [2.75, 3.05) is 26.8 Å². The van der Waals surface area contributed by atoms with Crippen LogP contribution in [0.3, 0.4) is 0 Å². The SMILES string of the molecule is CC(C)=CC[C@@H](OCCO)c1cc2c3c(ccc4c3c1OCO4)OCO2. The molecule has 2 aromatic rings. The van der Waals surface area contributed by atoms with E-state index in [1.165, 1.54) is 5.57 Å². The minimum atomic E-state index is -0.256. The van der Waals surface area contributed by atoms with Gasteiger partial charge in [0.25, 0.3) is 0 Å². The van der Waals surface area contributed by atoms with E-state index in [1.54, 1.807) is 0 Å². The van der Waals surface area contributed by atoms with Crippen LogP contribution < -0.4 is 18.9 Å². The normalized spacial score (nSPS) is 15.3. The highest BCUT2D eigenvalue weighted by Crippen LogP contribution is 2.51. The third-order valence-corrected chi connectivity index (χ3v) is 4.50. The van der Waals surface area contributed by atoms with Crippen molar-refractivity contribution < 1.29 is 28.8 Å². The Hall–Kier alpha value is -2.44. The Morgan fingerprint density at radius 1 is 1.08 bits per heavy atom. The van der Waals surface area contributed by atoms with Crippen LogP contribution in [0.2, 0.25) is 0 Å². The summed E-state index contributed by atoms with van der Waals surface area (Å²) in [5.74, 6) is 2.95. The monoisotopic (exact) mass is 358 g/mol. The molecule has 1 atom stereocenters. The van der Waals surface area contributed by atoms with Crippen LogP contribution in [0.1, 0.15) is 31.9 Å². The van der Waals surface area contributed by atoms with Gasteiger partial charge in [-0.3, -0.25) is 0 Å². The first-order valence-electron chi connectivity index (χ1n) is 8.69. The first kappa shape index (κ1) is 17.0. The number of hydrogen-bond donors (Lipinski definition) is 1. The molecule has 6 nitrogen and oxygen atoms in total. The van der Waals surface area contributed by atoms with E-state index in [0.29, 0.717) is 6.42 Å². The van der Waals surface area contributed by atoms with Crippen LogP contribution in [0.25, 0.3) is 10.8 Å². The smallest absolute Gasteiger partial charge is 0.230 e. The van der Waals surface area contributed by atoms with Crippen LogP contribution in [-0.4, -0.2) is 31.9 Å². The van der Waals surface area contributed by atoms with Crippen LogP contribution >= 0.6 is 0 Å². The number of benzene rings is 2. The summed E-state index contributed by atoms with van der Waals surface area (Å²) in [6, 6.07) is 5.74. The molecule has 4 rings (SSSR count). The molecule has 138 valence electrons. The highest BCUT2D eigenvalue weighted by atomic mass is 16.7. The minimum Gasteiger partial charge on any atom is -0.457 e. The third-order valence-electron chi connectivity index (χ3n) is 4.50. The predicted octanol–water partition coefficient (Wildman–Crippen LogP) is 3.70. The number of rotatable bonds is 6. The Balaban J connectivity index is 1.89. The Kier molecular flexibility index (Phi) is 4.61. The molecule has 0 unspecified atom stereocenters. The average molecular weight is 358 g/mol. The molecule has 2 heterocycles. The molecule has 0 bridgehead atoms. The van der Waals surface area contributed by atoms with Gasteiger partial charge >= 0.3 is 0 Å². The topological polar surface area (TPSA) is 66.4 Å². The van der Waals surface area contributed by atoms with Gasteiger partial charge in [-0.05, 0) is 38.5 Å². The van der Waals surface area contributed by atoms with Gasteiger partial charge in [0.1, 0.15) is 23.0 Å². The first-order valence-corrected chi connectivity index (χ1v) is 8.69. The highest BCUT2D eigenvalue weighted by molar-refractivity contribution is 6.03. The van der Waals surface area contributed by atoms with E-state index < -0.39 is 0 Å². The second-order valence-electron chi connectivity index (χ2n) is 6.52. The van der Waals surface area contributed by atoms with E-state index in [4.69, 9.17) is 23.7 Å². The predicted molar refractivity (Wildman–Crippen MR) is 96.0 cm³/mol. The maximum Gasteiger partial charge on any atom is 0.230 e. The van der Waals surface area contributed by atoms with Gasteiger partial charge in [-0.15, -0.1) is 0 Å². The van der Waals surface area contributed by atoms with Crippen molar-refractivity contribution in [3.05, 3.63) is 35.4 Å². The summed E-state index contributed by atoms with van der Waals surface area (Å²) in [6.07, 6.45) is 2.54. The van der Waals surface area contributed by atoms with Crippen molar-refractivity contribution in [3.63, 3.8) is 0 Å². The lowest BCUT2D eigenvalue weighted by Gasteiger charge is -2.29. The fourth-order valence-electron chi connectivity index (χ4n) is 3.34. The second kappa shape index (κ2) is 7.05. The maximum atomic E-state index is 9.21. The fraction of sp³-hybridized carbons (Fsp3) is 0.400. The molecule has 0 radical (unpaired) electrons. The molecule has 2 aliphatic heterocycles. The Morgan fingerprint density at radius 2 is 1.77 bits per heavy atom.